The number of ether oxygens (including phenoxy) is 6. The first kappa shape index (κ1) is 29.6. The van der Waals surface area contributed by atoms with Crippen molar-refractivity contribution in [1.29, 1.82) is 0 Å². The van der Waals surface area contributed by atoms with Crippen LogP contribution in [0, 0.1) is 0 Å². The topological polar surface area (TPSA) is 149 Å². The summed E-state index contributed by atoms with van der Waals surface area (Å²) in [5.74, 6) is 1.23. The van der Waals surface area contributed by atoms with Crippen molar-refractivity contribution < 1.29 is 33.2 Å². The van der Waals surface area contributed by atoms with Crippen molar-refractivity contribution in [3.05, 3.63) is 66.8 Å². The first-order valence-corrected chi connectivity index (χ1v) is 12.6. The molecular weight excluding hydrogens is 597 g/mol. The number of amidine groups is 1. The maximum atomic E-state index is 11.8. The van der Waals surface area contributed by atoms with E-state index < -0.39 is 6.16 Å². The normalized spacial score (nSPS) is 11.7. The summed E-state index contributed by atoms with van der Waals surface area (Å²) in [5.41, 5.74) is 6.44. The minimum Gasteiger partial charge on any atom is -0.493 e. The first-order chi connectivity index (χ1) is 18.0. The molecule has 12 nitrogen and oxygen atoms in total. The first-order valence-electron chi connectivity index (χ1n) is 11.1. The van der Waals surface area contributed by atoms with Crippen LogP contribution in [0.3, 0.4) is 0 Å². The predicted molar refractivity (Wildman–Crippen MR) is 145 cm³/mol. The van der Waals surface area contributed by atoms with Gasteiger partial charge in [-0.05, 0) is 18.2 Å². The number of nitrogens with zero attached hydrogens (tertiary/aromatic N) is 3. The molecule has 37 heavy (non-hydrogen) atoms. The molecule has 0 radical (unpaired) electrons. The van der Waals surface area contributed by atoms with E-state index in [1.807, 2.05) is 0 Å². The number of rotatable bonds is 16. The molecule has 0 aliphatic rings. The van der Waals surface area contributed by atoms with Crippen molar-refractivity contribution in [2.75, 3.05) is 51.6 Å². The molecular formula is C24H30IN5O7. The molecule has 1 aromatic heterocycles. The number of carbonyl (C=O) groups excluding carboxylic acids is 1. The van der Waals surface area contributed by atoms with Gasteiger partial charge in [0.1, 0.15) is 19.8 Å². The number of halogens is 1. The summed E-state index contributed by atoms with van der Waals surface area (Å²) in [6.07, 6.45) is 2.29. The van der Waals surface area contributed by atoms with Crippen LogP contribution in [0.5, 0.6) is 11.5 Å². The molecule has 2 rings (SSSR count). The van der Waals surface area contributed by atoms with Crippen molar-refractivity contribution in [2.24, 2.45) is 10.7 Å². The second-order valence-corrected chi connectivity index (χ2v) is 7.87. The van der Waals surface area contributed by atoms with Crippen LogP contribution in [-0.4, -0.2) is 73.6 Å². The van der Waals surface area contributed by atoms with Crippen LogP contribution < -0.4 is 20.5 Å². The number of benzene rings is 1. The van der Waals surface area contributed by atoms with Gasteiger partial charge in [0.2, 0.25) is 11.6 Å². The monoisotopic (exact) mass is 627 g/mol. The van der Waals surface area contributed by atoms with Crippen molar-refractivity contribution in [1.82, 2.24) is 15.3 Å². The number of hydrogen-bond donors (Lipinski definition) is 2. The lowest BCUT2D eigenvalue weighted by Crippen LogP contribution is -2.28. The Labute approximate surface area is 229 Å². The van der Waals surface area contributed by atoms with E-state index in [1.165, 1.54) is 14.2 Å². The van der Waals surface area contributed by atoms with Gasteiger partial charge >= 0.3 is 6.16 Å². The van der Waals surface area contributed by atoms with Crippen LogP contribution in [0.1, 0.15) is 5.82 Å². The summed E-state index contributed by atoms with van der Waals surface area (Å²) in [6.45, 7) is 4.70. The third-order valence-corrected chi connectivity index (χ3v) is 4.72. The van der Waals surface area contributed by atoms with Gasteiger partial charge < -0.3 is 39.5 Å². The Morgan fingerprint density at radius 3 is 2.32 bits per heavy atom. The Hall–Kier alpha value is -3.59. The van der Waals surface area contributed by atoms with E-state index >= 15 is 0 Å². The van der Waals surface area contributed by atoms with E-state index in [1.54, 1.807) is 42.7 Å². The molecule has 1 aromatic carbocycles. The molecule has 0 aliphatic carbocycles. The minimum absolute atomic E-state index is 0.0158. The van der Waals surface area contributed by atoms with Gasteiger partial charge in [-0.15, -0.1) is 0 Å². The molecule has 0 saturated heterocycles. The average molecular weight is 627 g/mol. The molecule has 0 unspecified atom stereocenters. The highest BCUT2D eigenvalue weighted by molar-refractivity contribution is 14.1. The van der Waals surface area contributed by atoms with Crippen LogP contribution in [-0.2, 0) is 18.9 Å². The Morgan fingerprint density at radius 2 is 1.68 bits per heavy atom. The van der Waals surface area contributed by atoms with Crippen molar-refractivity contribution in [2.45, 2.75) is 0 Å². The molecule has 13 heteroatoms. The average Bonchev–Trinajstić information content (AvgIpc) is 2.93. The van der Waals surface area contributed by atoms with Crippen LogP contribution in [0.2, 0.25) is 0 Å². The number of aliphatic imine (C=N–C) groups is 1. The van der Waals surface area contributed by atoms with E-state index in [0.29, 0.717) is 29.6 Å². The maximum Gasteiger partial charge on any atom is 0.508 e. The molecule has 0 saturated carbocycles. The summed E-state index contributed by atoms with van der Waals surface area (Å²) >= 11 is 2.19. The van der Waals surface area contributed by atoms with Gasteiger partial charge in [0.15, 0.2) is 23.2 Å². The van der Waals surface area contributed by atoms with E-state index in [2.05, 4.69) is 49.4 Å². The molecule has 0 amide bonds. The third kappa shape index (κ3) is 10.5. The number of nitrogens with one attached hydrogen (secondary N) is 1. The van der Waals surface area contributed by atoms with E-state index in [-0.39, 0.29) is 43.9 Å². The number of para-hydroxylation sites is 2. The Morgan fingerprint density at radius 1 is 1.03 bits per heavy atom. The smallest absolute Gasteiger partial charge is 0.493 e. The fourth-order valence-electron chi connectivity index (χ4n) is 2.59. The third-order valence-electron chi connectivity index (χ3n) is 4.28. The lowest BCUT2D eigenvalue weighted by molar-refractivity contribution is 0.0185. The fraction of sp³-hybridized carbons (Fsp3) is 0.333. The summed E-state index contributed by atoms with van der Waals surface area (Å²) < 4.78 is 33.3. The van der Waals surface area contributed by atoms with Crippen molar-refractivity contribution >= 4 is 40.3 Å². The zero-order valence-electron chi connectivity index (χ0n) is 20.6. The highest BCUT2D eigenvalue weighted by Crippen LogP contribution is 2.28. The zero-order chi connectivity index (χ0) is 26.9. The predicted octanol–water partition coefficient (Wildman–Crippen LogP) is 2.90. The van der Waals surface area contributed by atoms with Crippen LogP contribution in [0.25, 0.3) is 5.70 Å². The highest BCUT2D eigenvalue weighted by atomic mass is 127. The van der Waals surface area contributed by atoms with Gasteiger partial charge in [0.05, 0.1) is 26.0 Å². The molecule has 1 heterocycles. The van der Waals surface area contributed by atoms with E-state index in [4.69, 9.17) is 34.2 Å². The maximum absolute atomic E-state index is 11.8. The Bertz CT molecular complexity index is 1070. The number of alkyl halides is 1. The quantitative estimate of drug-likeness (QED) is 0.0538. The van der Waals surface area contributed by atoms with Gasteiger partial charge in [0.25, 0.3) is 0 Å². The second-order valence-electron chi connectivity index (χ2n) is 6.79. The van der Waals surface area contributed by atoms with Crippen LogP contribution >= 0.6 is 22.6 Å². The molecule has 0 aliphatic heterocycles. The van der Waals surface area contributed by atoms with Gasteiger partial charge in [-0.25, -0.2) is 14.8 Å². The second kappa shape index (κ2) is 17.0. The van der Waals surface area contributed by atoms with Crippen LogP contribution in [0.15, 0.2) is 65.9 Å². The number of methoxy groups -OCH3 is 1. The fourth-order valence-corrected chi connectivity index (χ4v) is 2.90. The van der Waals surface area contributed by atoms with Crippen molar-refractivity contribution in [3.63, 3.8) is 0 Å². The molecule has 2 aromatic rings. The van der Waals surface area contributed by atoms with Gasteiger partial charge in [-0.1, -0.05) is 41.3 Å². The van der Waals surface area contributed by atoms with E-state index in [0.717, 1.165) is 4.43 Å². The van der Waals surface area contributed by atoms with E-state index in [9.17, 15) is 4.79 Å². The van der Waals surface area contributed by atoms with Gasteiger partial charge in [0, 0.05) is 23.9 Å². The standard InChI is InChI=1S/C24H30IN5O7/c1-17(22-28-10-6-11-29-22)30-23(34-15-16-36-24(31)35-14-13-33-12-9-25)20(21(26)27-2)37-19-8-5-4-7-18(19)32-3/h4-8,10-11,30H,1,9,12-16H2,2-3H3,(H2,26,27). The number of carbonyl (C=O) groups is 1. The minimum atomic E-state index is -0.845. The van der Waals surface area contributed by atoms with Gasteiger partial charge in [-0.2, -0.15) is 0 Å². The molecule has 200 valence electrons. The number of hydrogen-bond acceptors (Lipinski definition) is 11. The highest BCUT2D eigenvalue weighted by Gasteiger charge is 2.20. The zero-order valence-corrected chi connectivity index (χ0v) is 22.8. The SMILES string of the molecule is C=C(NC(OCCOC(=O)OCCOCCI)=C(Oc1ccccc1OC)C(N)=NC)c1ncccn1. The van der Waals surface area contributed by atoms with Crippen LogP contribution in [0.4, 0.5) is 4.79 Å². The molecule has 0 atom stereocenters. The lowest BCUT2D eigenvalue weighted by atomic mass is 10.3. The summed E-state index contributed by atoms with van der Waals surface area (Å²) in [7, 11) is 3.01. The van der Waals surface area contributed by atoms with Crippen molar-refractivity contribution in [3.8, 4) is 11.5 Å². The molecule has 0 fully saturated rings. The largest absolute Gasteiger partial charge is 0.508 e. The van der Waals surface area contributed by atoms with Gasteiger partial charge in [-0.3, -0.25) is 4.99 Å². The molecule has 3 N–H and O–H groups in total. The molecule has 0 spiro atoms. The summed E-state index contributed by atoms with van der Waals surface area (Å²) in [5, 5.41) is 2.97. The summed E-state index contributed by atoms with van der Waals surface area (Å²) in [6, 6.07) is 8.66. The Balaban J connectivity index is 2.17. The Kier molecular flexibility index (Phi) is 13.6. The summed E-state index contributed by atoms with van der Waals surface area (Å²) in [4.78, 5) is 24.1. The molecule has 0 bridgehead atoms. The lowest BCUT2D eigenvalue weighted by Gasteiger charge is -2.19. The number of nitrogens with two attached hydrogens (primary N) is 1. The number of aromatic nitrogens is 2.